The number of amides is 3. The number of ether oxygens (including phenoxy) is 1. The molecule has 1 atom stereocenters. The number of hydrogen-bond acceptors (Lipinski definition) is 3. The first-order chi connectivity index (χ1) is 15.5. The molecule has 0 aromatic heterocycles. The average molecular weight is 428 g/mol. The molecule has 0 bridgehead atoms. The molecular formula is C26H25N3O3. The van der Waals surface area contributed by atoms with Gasteiger partial charge in [0.2, 0.25) is 0 Å². The number of allylic oxidation sites excluding steroid dienone is 1. The molecule has 0 aliphatic carbocycles. The highest BCUT2D eigenvalue weighted by molar-refractivity contribution is 6.07. The molecular weight excluding hydrogens is 402 g/mol. The maximum absolute atomic E-state index is 13.3. The van der Waals surface area contributed by atoms with E-state index < -0.39 is 6.04 Å². The lowest BCUT2D eigenvalue weighted by Crippen LogP contribution is -2.46. The third-order valence-corrected chi connectivity index (χ3v) is 5.54. The largest absolute Gasteiger partial charge is 0.495 e. The zero-order valence-electron chi connectivity index (χ0n) is 18.2. The van der Waals surface area contributed by atoms with Gasteiger partial charge in [0.05, 0.1) is 24.4 Å². The van der Waals surface area contributed by atoms with Crippen molar-refractivity contribution in [3.63, 3.8) is 0 Å². The number of methoxy groups -OCH3 is 1. The molecule has 1 aliphatic rings. The van der Waals surface area contributed by atoms with Crippen molar-refractivity contribution < 1.29 is 14.3 Å². The van der Waals surface area contributed by atoms with Crippen LogP contribution in [0.2, 0.25) is 0 Å². The second-order valence-corrected chi connectivity index (χ2v) is 7.66. The smallest absolute Gasteiger partial charge is 0.319 e. The van der Waals surface area contributed by atoms with E-state index >= 15 is 0 Å². The average Bonchev–Trinajstić information content (AvgIpc) is 2.79. The lowest BCUT2D eigenvalue weighted by Gasteiger charge is -2.29. The van der Waals surface area contributed by atoms with E-state index in [1.807, 2.05) is 48.5 Å². The van der Waals surface area contributed by atoms with Crippen LogP contribution in [0.5, 0.6) is 5.75 Å². The first kappa shape index (κ1) is 21.2. The molecule has 1 unspecified atom stereocenters. The highest BCUT2D eigenvalue weighted by Crippen LogP contribution is 2.32. The Morgan fingerprint density at radius 3 is 2.50 bits per heavy atom. The van der Waals surface area contributed by atoms with E-state index in [4.69, 9.17) is 4.74 Å². The van der Waals surface area contributed by atoms with Gasteiger partial charge >= 0.3 is 6.03 Å². The van der Waals surface area contributed by atoms with Crippen molar-refractivity contribution >= 4 is 17.6 Å². The fraction of sp³-hybridized carbons (Fsp3) is 0.154. The number of carbonyl (C=O) groups is 2. The summed E-state index contributed by atoms with van der Waals surface area (Å²) in [5.41, 5.74) is 5.62. The van der Waals surface area contributed by atoms with Gasteiger partial charge in [-0.3, -0.25) is 4.79 Å². The van der Waals surface area contributed by atoms with Crippen LogP contribution in [0.1, 0.15) is 24.1 Å². The van der Waals surface area contributed by atoms with Crippen molar-refractivity contribution in [1.29, 1.82) is 0 Å². The SMILES string of the molecule is COc1ccccc1NC(=O)C1=C(C)NC(=O)NC1c1cccc(-c2ccccc2C)c1. The van der Waals surface area contributed by atoms with Crippen molar-refractivity contribution in [2.75, 3.05) is 12.4 Å². The van der Waals surface area contributed by atoms with Crippen molar-refractivity contribution in [2.45, 2.75) is 19.9 Å². The fourth-order valence-electron chi connectivity index (χ4n) is 3.96. The van der Waals surface area contributed by atoms with Crippen LogP contribution < -0.4 is 20.7 Å². The number of nitrogens with one attached hydrogen (secondary N) is 3. The number of hydrogen-bond donors (Lipinski definition) is 3. The minimum Gasteiger partial charge on any atom is -0.495 e. The predicted molar refractivity (Wildman–Crippen MR) is 125 cm³/mol. The van der Waals surface area contributed by atoms with E-state index in [1.165, 1.54) is 0 Å². The van der Waals surface area contributed by atoms with Crippen LogP contribution in [0.15, 0.2) is 84.1 Å². The molecule has 0 radical (unpaired) electrons. The third-order valence-electron chi connectivity index (χ3n) is 5.54. The van der Waals surface area contributed by atoms with E-state index in [0.717, 1.165) is 22.3 Å². The molecule has 6 heteroatoms. The molecule has 1 heterocycles. The summed E-state index contributed by atoms with van der Waals surface area (Å²) in [7, 11) is 1.55. The highest BCUT2D eigenvalue weighted by atomic mass is 16.5. The minimum absolute atomic E-state index is 0.314. The molecule has 4 rings (SSSR count). The molecule has 32 heavy (non-hydrogen) atoms. The van der Waals surface area contributed by atoms with Crippen LogP contribution in [0.4, 0.5) is 10.5 Å². The van der Waals surface area contributed by atoms with Crippen LogP contribution >= 0.6 is 0 Å². The van der Waals surface area contributed by atoms with Gasteiger partial charge in [-0.2, -0.15) is 0 Å². The number of para-hydroxylation sites is 2. The quantitative estimate of drug-likeness (QED) is 0.540. The van der Waals surface area contributed by atoms with Gasteiger partial charge in [-0.25, -0.2) is 4.79 Å². The fourth-order valence-corrected chi connectivity index (χ4v) is 3.96. The molecule has 162 valence electrons. The van der Waals surface area contributed by atoms with Gasteiger partial charge in [0.1, 0.15) is 5.75 Å². The summed E-state index contributed by atoms with van der Waals surface area (Å²) in [4.78, 5) is 25.6. The zero-order valence-corrected chi connectivity index (χ0v) is 18.2. The summed E-state index contributed by atoms with van der Waals surface area (Å²) < 4.78 is 5.35. The highest BCUT2D eigenvalue weighted by Gasteiger charge is 2.31. The first-order valence-corrected chi connectivity index (χ1v) is 10.4. The minimum atomic E-state index is -0.595. The monoisotopic (exact) mass is 427 g/mol. The Kier molecular flexibility index (Phi) is 5.94. The van der Waals surface area contributed by atoms with Gasteiger partial charge in [0.15, 0.2) is 0 Å². The summed E-state index contributed by atoms with van der Waals surface area (Å²) in [5.74, 6) is 0.246. The summed E-state index contributed by atoms with van der Waals surface area (Å²) in [6, 6.07) is 22.3. The van der Waals surface area contributed by atoms with Gasteiger partial charge in [0.25, 0.3) is 5.91 Å². The van der Waals surface area contributed by atoms with Crippen molar-refractivity contribution in [3.8, 4) is 16.9 Å². The van der Waals surface area contributed by atoms with Gasteiger partial charge in [0, 0.05) is 5.70 Å². The first-order valence-electron chi connectivity index (χ1n) is 10.4. The predicted octanol–water partition coefficient (Wildman–Crippen LogP) is 4.94. The Bertz CT molecular complexity index is 1220. The number of benzene rings is 3. The Hall–Kier alpha value is -4.06. The Balaban J connectivity index is 1.72. The topological polar surface area (TPSA) is 79.5 Å². The van der Waals surface area contributed by atoms with Crippen LogP contribution in [-0.2, 0) is 4.79 Å². The van der Waals surface area contributed by atoms with Crippen LogP contribution in [0.3, 0.4) is 0 Å². The molecule has 0 saturated carbocycles. The number of urea groups is 1. The van der Waals surface area contributed by atoms with E-state index in [0.29, 0.717) is 22.7 Å². The standard InChI is InChI=1S/C26H25N3O3/c1-16-9-4-5-12-20(16)18-10-8-11-19(15-18)24-23(17(2)27-26(31)29-24)25(30)28-21-13-6-7-14-22(21)32-3/h4-15,24H,1-3H3,(H,28,30)(H2,27,29,31). The number of anilines is 1. The number of aryl methyl sites for hydroxylation is 1. The maximum atomic E-state index is 13.3. The molecule has 0 spiro atoms. The van der Waals surface area contributed by atoms with Gasteiger partial charge in [-0.05, 0) is 54.3 Å². The van der Waals surface area contributed by atoms with Crippen LogP contribution in [0.25, 0.3) is 11.1 Å². The molecule has 0 saturated heterocycles. The summed E-state index contributed by atoms with van der Waals surface area (Å²) in [6.07, 6.45) is 0. The van der Waals surface area contributed by atoms with E-state index in [1.54, 1.807) is 26.2 Å². The summed E-state index contributed by atoms with van der Waals surface area (Å²) in [6.45, 7) is 3.79. The molecule has 1 aliphatic heterocycles. The molecule has 3 aromatic carbocycles. The molecule has 3 aromatic rings. The van der Waals surface area contributed by atoms with Crippen molar-refractivity contribution in [2.24, 2.45) is 0 Å². The maximum Gasteiger partial charge on any atom is 0.319 e. The number of carbonyl (C=O) groups excluding carboxylic acids is 2. The molecule has 3 amide bonds. The Labute approximate surface area is 187 Å². The summed E-state index contributed by atoms with van der Waals surface area (Å²) in [5, 5.41) is 8.54. The van der Waals surface area contributed by atoms with Crippen molar-refractivity contribution in [3.05, 3.63) is 95.2 Å². The van der Waals surface area contributed by atoms with Crippen molar-refractivity contribution in [1.82, 2.24) is 10.6 Å². The normalized spacial score (nSPS) is 15.6. The van der Waals surface area contributed by atoms with Crippen LogP contribution in [0, 0.1) is 6.92 Å². The van der Waals surface area contributed by atoms with Crippen LogP contribution in [-0.4, -0.2) is 19.0 Å². The number of rotatable bonds is 5. The second kappa shape index (κ2) is 8.98. The summed E-state index contributed by atoms with van der Waals surface area (Å²) >= 11 is 0. The lowest BCUT2D eigenvalue weighted by molar-refractivity contribution is -0.113. The molecule has 0 fully saturated rings. The van der Waals surface area contributed by atoms with E-state index in [-0.39, 0.29) is 11.9 Å². The Morgan fingerprint density at radius 2 is 1.72 bits per heavy atom. The zero-order chi connectivity index (χ0) is 22.7. The van der Waals surface area contributed by atoms with Gasteiger partial charge in [-0.1, -0.05) is 54.6 Å². The Morgan fingerprint density at radius 1 is 0.969 bits per heavy atom. The van der Waals surface area contributed by atoms with E-state index in [9.17, 15) is 9.59 Å². The molecule has 3 N–H and O–H groups in total. The van der Waals surface area contributed by atoms with E-state index in [2.05, 4.69) is 35.0 Å². The third kappa shape index (κ3) is 4.21. The lowest BCUT2D eigenvalue weighted by atomic mass is 9.91. The molecule has 6 nitrogen and oxygen atoms in total. The second-order valence-electron chi connectivity index (χ2n) is 7.66. The van der Waals surface area contributed by atoms with Gasteiger partial charge < -0.3 is 20.7 Å². The van der Waals surface area contributed by atoms with Gasteiger partial charge in [-0.15, -0.1) is 0 Å².